The van der Waals surface area contributed by atoms with Crippen molar-refractivity contribution in [3.05, 3.63) is 0 Å². The Bertz CT molecular complexity index is 129. The Kier molecular flexibility index (Phi) is 4.86. The van der Waals surface area contributed by atoms with Gasteiger partial charge in [-0.25, -0.2) is 0 Å². The molecule has 3 N–H and O–H groups in total. The van der Waals surface area contributed by atoms with Crippen LogP contribution in [0.1, 0.15) is 13.3 Å². The Hall–Kier alpha value is 0.690. The van der Waals surface area contributed by atoms with E-state index in [2.05, 4.69) is 5.32 Å². The zero-order valence-electron chi connectivity index (χ0n) is 5.91. The molecular weight excluding hydrogens is 156 g/mol. The molecule has 0 radical (unpaired) electrons. The molecule has 1 aliphatic rings. The SMILES string of the molecule is C[C@@H]1CCN[C@@H]1C(N)=O.[Ar]. The van der Waals surface area contributed by atoms with E-state index in [0.29, 0.717) is 5.92 Å². The summed E-state index contributed by atoms with van der Waals surface area (Å²) in [6.45, 7) is 2.96. The first kappa shape index (κ1) is 10.7. The van der Waals surface area contributed by atoms with Crippen LogP contribution < -0.4 is 11.1 Å². The molecule has 0 unspecified atom stereocenters. The Balaban J connectivity index is 0.000000810. The molecule has 2 atom stereocenters. The van der Waals surface area contributed by atoms with Crippen molar-refractivity contribution in [1.82, 2.24) is 5.32 Å². The van der Waals surface area contributed by atoms with E-state index in [1.54, 1.807) is 0 Å². The van der Waals surface area contributed by atoms with Crippen molar-refractivity contribution >= 4 is 5.91 Å². The number of rotatable bonds is 1. The summed E-state index contributed by atoms with van der Waals surface area (Å²) in [6, 6.07) is -0.0787. The molecule has 10 heavy (non-hydrogen) atoms. The number of primary amides is 1. The van der Waals surface area contributed by atoms with Gasteiger partial charge in [0.2, 0.25) is 5.91 Å². The Morgan fingerprint density at radius 3 is 2.50 bits per heavy atom. The molecule has 1 amide bonds. The van der Waals surface area contributed by atoms with Gasteiger partial charge >= 0.3 is 0 Å². The van der Waals surface area contributed by atoms with Gasteiger partial charge in [0.05, 0.1) is 6.04 Å². The number of hydrogen-bond donors (Lipinski definition) is 2. The van der Waals surface area contributed by atoms with Crippen molar-refractivity contribution in [2.75, 3.05) is 6.54 Å². The van der Waals surface area contributed by atoms with Crippen LogP contribution >= 0.6 is 0 Å². The third kappa shape index (κ3) is 2.38. The summed E-state index contributed by atoms with van der Waals surface area (Å²) in [7, 11) is 0. The monoisotopic (exact) mass is 168 g/mol. The molecule has 1 saturated heterocycles. The summed E-state index contributed by atoms with van der Waals surface area (Å²) >= 11 is 0. The summed E-state index contributed by atoms with van der Waals surface area (Å²) in [5, 5.41) is 3.03. The van der Waals surface area contributed by atoms with Crippen LogP contribution in [0.3, 0.4) is 0 Å². The van der Waals surface area contributed by atoms with Crippen LogP contribution in [0.5, 0.6) is 0 Å². The Morgan fingerprint density at radius 1 is 1.70 bits per heavy atom. The first-order valence-electron chi connectivity index (χ1n) is 3.24. The second kappa shape index (κ2) is 4.54. The maximum Gasteiger partial charge on any atom is 0.234 e. The van der Waals surface area contributed by atoms with Crippen LogP contribution in [0.2, 0.25) is 0 Å². The standard InChI is InChI=1S/C6H12N2O.Ar/c1-4-2-3-8-5(4)6(7)9;/h4-5,8H,2-3H2,1H3,(H2,7,9);/t4-,5+;/m1./s1. The molecule has 0 spiro atoms. The average Bonchev–Trinajstić information content (AvgIpc) is 2.13. The number of carbonyl (C=O) groups excluding carboxylic acids is 1. The molecule has 1 fully saturated rings. The second-order valence-electron chi connectivity index (χ2n) is 2.60. The van der Waals surface area contributed by atoms with E-state index >= 15 is 0 Å². The maximum atomic E-state index is 10.6. The fourth-order valence-corrected chi connectivity index (χ4v) is 1.22. The summed E-state index contributed by atoms with van der Waals surface area (Å²) < 4.78 is 0. The van der Waals surface area contributed by atoms with Gasteiger partial charge in [-0.05, 0) is 18.9 Å². The Morgan fingerprint density at radius 2 is 2.30 bits per heavy atom. The molecule has 0 aromatic heterocycles. The summed E-state index contributed by atoms with van der Waals surface area (Å²) in [5.41, 5.74) is 5.09. The van der Waals surface area contributed by atoms with E-state index in [0.717, 1.165) is 13.0 Å². The van der Waals surface area contributed by atoms with Gasteiger partial charge in [-0.15, -0.1) is 0 Å². The van der Waals surface area contributed by atoms with Crippen LogP contribution in [0.25, 0.3) is 0 Å². The number of carbonyl (C=O) groups is 1. The van der Waals surface area contributed by atoms with Crippen molar-refractivity contribution in [1.29, 1.82) is 0 Å². The van der Waals surface area contributed by atoms with E-state index in [1.807, 2.05) is 6.92 Å². The van der Waals surface area contributed by atoms with Gasteiger partial charge in [-0.3, -0.25) is 4.79 Å². The minimum Gasteiger partial charge on any atom is -0.368 e. The molecule has 0 aromatic carbocycles. The molecule has 0 bridgehead atoms. The van der Waals surface area contributed by atoms with Crippen LogP contribution in [-0.4, -0.2) is 18.5 Å². The largest absolute Gasteiger partial charge is 0.368 e. The Labute approximate surface area is 90.7 Å². The first-order chi connectivity index (χ1) is 4.22. The fourth-order valence-electron chi connectivity index (χ4n) is 1.22. The van der Waals surface area contributed by atoms with Gasteiger partial charge in [0, 0.05) is 37.7 Å². The van der Waals surface area contributed by atoms with Crippen molar-refractivity contribution in [3.8, 4) is 0 Å². The van der Waals surface area contributed by atoms with Crippen LogP contribution in [-0.2, 0) is 4.79 Å². The van der Waals surface area contributed by atoms with Crippen LogP contribution in [0.4, 0.5) is 0 Å². The van der Waals surface area contributed by atoms with Crippen molar-refractivity contribution in [3.63, 3.8) is 0 Å². The third-order valence-electron chi connectivity index (χ3n) is 1.84. The zero-order valence-corrected chi connectivity index (χ0v) is 6.62. The molecule has 0 saturated carbocycles. The minimum absolute atomic E-state index is 0. The minimum atomic E-state index is -0.222. The molecule has 1 rings (SSSR count). The van der Waals surface area contributed by atoms with E-state index < -0.39 is 0 Å². The number of nitrogens with two attached hydrogens (primary N) is 1. The predicted molar refractivity (Wildman–Crippen MR) is 34.8 cm³/mol. The second-order valence-corrected chi connectivity index (χ2v) is 2.60. The van der Waals surface area contributed by atoms with Crippen molar-refractivity contribution in [2.24, 2.45) is 11.7 Å². The van der Waals surface area contributed by atoms with Gasteiger partial charge < -0.3 is 11.1 Å². The van der Waals surface area contributed by atoms with Gasteiger partial charge in [0.1, 0.15) is 0 Å². The molecule has 0 aliphatic carbocycles. The van der Waals surface area contributed by atoms with E-state index in [9.17, 15) is 4.79 Å². The van der Waals surface area contributed by atoms with Gasteiger partial charge in [-0.2, -0.15) is 0 Å². The van der Waals surface area contributed by atoms with Gasteiger partial charge in [0.25, 0.3) is 0 Å². The molecule has 1 aliphatic heterocycles. The first-order valence-corrected chi connectivity index (χ1v) is 3.24. The van der Waals surface area contributed by atoms with Crippen molar-refractivity contribution < 1.29 is 42.5 Å². The maximum absolute atomic E-state index is 10.6. The molecule has 0 aromatic rings. The topological polar surface area (TPSA) is 55.1 Å². The number of nitrogens with one attached hydrogen (secondary N) is 1. The quantitative estimate of drug-likeness (QED) is 0.553. The van der Waals surface area contributed by atoms with E-state index in [-0.39, 0.29) is 49.7 Å². The third-order valence-corrected chi connectivity index (χ3v) is 1.84. The molecular formula is C6H12ArN2O. The summed E-state index contributed by atoms with van der Waals surface area (Å²) in [4.78, 5) is 10.6. The molecule has 4 heteroatoms. The molecule has 3 nitrogen and oxygen atoms in total. The van der Waals surface area contributed by atoms with Crippen LogP contribution in [0.15, 0.2) is 0 Å². The van der Waals surface area contributed by atoms with Gasteiger partial charge in [-0.1, -0.05) is 6.92 Å². The van der Waals surface area contributed by atoms with Crippen LogP contribution in [0, 0.1) is 43.7 Å². The number of amides is 1. The fraction of sp³-hybridized carbons (Fsp3) is 0.833. The smallest absolute Gasteiger partial charge is 0.234 e. The molecule has 60 valence electrons. The van der Waals surface area contributed by atoms with E-state index in [4.69, 9.17) is 5.73 Å². The molecule has 1 heterocycles. The van der Waals surface area contributed by atoms with E-state index in [1.165, 1.54) is 0 Å². The number of hydrogen-bond acceptors (Lipinski definition) is 2. The average molecular weight is 168 g/mol. The summed E-state index contributed by atoms with van der Waals surface area (Å²) in [5.74, 6) is 0.197. The predicted octanol–water partition coefficient (Wildman–Crippen LogP) is -0.530. The zero-order chi connectivity index (χ0) is 6.85. The summed E-state index contributed by atoms with van der Waals surface area (Å²) in [6.07, 6.45) is 1.06. The normalized spacial score (nSPS) is 31.3. The van der Waals surface area contributed by atoms with Crippen molar-refractivity contribution in [2.45, 2.75) is 19.4 Å². The van der Waals surface area contributed by atoms with Gasteiger partial charge in [0.15, 0.2) is 0 Å².